The zero-order valence-corrected chi connectivity index (χ0v) is 9.52. The van der Waals surface area contributed by atoms with Crippen LogP contribution >= 0.6 is 0 Å². The first-order chi connectivity index (χ1) is 7.66. The Morgan fingerprint density at radius 2 is 1.94 bits per heavy atom. The Labute approximate surface area is 94.9 Å². The van der Waals surface area contributed by atoms with E-state index in [2.05, 4.69) is 5.32 Å². The van der Waals surface area contributed by atoms with Crippen LogP contribution in [0.5, 0.6) is 0 Å². The third-order valence-corrected chi connectivity index (χ3v) is 3.38. The van der Waals surface area contributed by atoms with Crippen LogP contribution in [0.15, 0.2) is 12.1 Å². The first-order valence-electron chi connectivity index (χ1n) is 5.82. The molecule has 0 spiro atoms. The second-order valence-corrected chi connectivity index (χ2v) is 4.57. The molecule has 3 heteroatoms. The molecule has 0 radical (unpaired) electrons. The molecular weight excluding hydrogens is 208 g/mol. The van der Waals surface area contributed by atoms with Gasteiger partial charge in [-0.25, -0.2) is 8.78 Å². The number of halogens is 2. The molecule has 0 saturated carbocycles. The van der Waals surface area contributed by atoms with E-state index < -0.39 is 11.6 Å². The van der Waals surface area contributed by atoms with Gasteiger partial charge in [-0.1, -0.05) is 0 Å². The second-order valence-electron chi connectivity index (χ2n) is 4.57. The molecule has 0 bridgehead atoms. The number of rotatable bonds is 2. The van der Waals surface area contributed by atoms with Gasteiger partial charge in [0.15, 0.2) is 0 Å². The van der Waals surface area contributed by atoms with E-state index in [1.165, 1.54) is 6.07 Å². The van der Waals surface area contributed by atoms with E-state index in [1.54, 1.807) is 6.92 Å². The Morgan fingerprint density at radius 1 is 1.25 bits per heavy atom. The molecule has 1 aromatic carbocycles. The van der Waals surface area contributed by atoms with E-state index in [-0.39, 0.29) is 0 Å². The Balaban J connectivity index is 2.13. The van der Waals surface area contributed by atoms with Crippen molar-refractivity contribution >= 4 is 0 Å². The van der Waals surface area contributed by atoms with Gasteiger partial charge in [-0.15, -0.1) is 0 Å². The molecule has 0 aliphatic carbocycles. The molecule has 1 fully saturated rings. The smallest absolute Gasteiger partial charge is 0.129 e. The molecule has 16 heavy (non-hydrogen) atoms. The van der Waals surface area contributed by atoms with Crippen molar-refractivity contribution in [2.45, 2.75) is 26.2 Å². The van der Waals surface area contributed by atoms with Crippen LogP contribution in [0.3, 0.4) is 0 Å². The predicted molar refractivity (Wildman–Crippen MR) is 60.4 cm³/mol. The van der Waals surface area contributed by atoms with Crippen molar-refractivity contribution in [3.63, 3.8) is 0 Å². The molecule has 1 heterocycles. The van der Waals surface area contributed by atoms with Crippen molar-refractivity contribution in [3.8, 4) is 0 Å². The topological polar surface area (TPSA) is 12.0 Å². The lowest BCUT2D eigenvalue weighted by molar-refractivity contribution is 0.371. The Hall–Kier alpha value is -0.960. The summed E-state index contributed by atoms with van der Waals surface area (Å²) in [4.78, 5) is 0. The zero-order chi connectivity index (χ0) is 11.5. The quantitative estimate of drug-likeness (QED) is 0.816. The summed E-state index contributed by atoms with van der Waals surface area (Å²) in [5.74, 6) is -0.336. The van der Waals surface area contributed by atoms with Gasteiger partial charge in [0.2, 0.25) is 0 Å². The minimum atomic E-state index is -0.466. The first-order valence-corrected chi connectivity index (χ1v) is 5.82. The summed E-state index contributed by atoms with van der Waals surface area (Å²) < 4.78 is 26.5. The molecule has 1 aromatic rings. The van der Waals surface area contributed by atoms with Gasteiger partial charge >= 0.3 is 0 Å². The highest BCUT2D eigenvalue weighted by molar-refractivity contribution is 5.28. The summed E-state index contributed by atoms with van der Waals surface area (Å²) in [6.45, 7) is 3.76. The lowest BCUT2D eigenvalue weighted by atomic mass is 9.89. The molecule has 0 aromatic heterocycles. The van der Waals surface area contributed by atoms with Crippen LogP contribution in [0.4, 0.5) is 8.78 Å². The van der Waals surface area contributed by atoms with E-state index >= 15 is 0 Å². The Kier molecular flexibility index (Phi) is 3.54. The van der Waals surface area contributed by atoms with Crippen LogP contribution in [0.25, 0.3) is 0 Å². The number of piperidine rings is 1. The largest absolute Gasteiger partial charge is 0.317 e. The van der Waals surface area contributed by atoms with E-state index in [4.69, 9.17) is 0 Å². The van der Waals surface area contributed by atoms with E-state index in [0.29, 0.717) is 11.5 Å². The Bertz CT molecular complexity index is 370. The summed E-state index contributed by atoms with van der Waals surface area (Å²) in [7, 11) is 0. The van der Waals surface area contributed by atoms with Crippen LogP contribution in [0.2, 0.25) is 0 Å². The van der Waals surface area contributed by atoms with Crippen LogP contribution in [-0.2, 0) is 6.42 Å². The van der Waals surface area contributed by atoms with Crippen LogP contribution in [-0.4, -0.2) is 13.1 Å². The van der Waals surface area contributed by atoms with Crippen molar-refractivity contribution in [1.82, 2.24) is 5.32 Å². The molecule has 1 aliphatic heterocycles. The average molecular weight is 225 g/mol. The third-order valence-electron chi connectivity index (χ3n) is 3.38. The second kappa shape index (κ2) is 4.91. The van der Waals surface area contributed by atoms with E-state index in [0.717, 1.165) is 44.0 Å². The monoisotopic (exact) mass is 225 g/mol. The van der Waals surface area contributed by atoms with E-state index in [1.807, 2.05) is 0 Å². The first kappa shape index (κ1) is 11.5. The van der Waals surface area contributed by atoms with Crippen molar-refractivity contribution in [3.05, 3.63) is 34.9 Å². The minimum absolute atomic E-state index is 0.427. The normalized spacial score (nSPS) is 17.7. The molecular formula is C13H17F2N. The lowest BCUT2D eigenvalue weighted by Crippen LogP contribution is -2.28. The van der Waals surface area contributed by atoms with Crippen LogP contribution < -0.4 is 5.32 Å². The Morgan fingerprint density at radius 3 is 2.62 bits per heavy atom. The summed E-state index contributed by atoms with van der Waals surface area (Å²) in [5, 5.41) is 3.29. The summed E-state index contributed by atoms with van der Waals surface area (Å²) in [5.41, 5.74) is 1.42. The van der Waals surface area contributed by atoms with Gasteiger partial charge in [-0.3, -0.25) is 0 Å². The molecule has 0 unspecified atom stereocenters. The highest BCUT2D eigenvalue weighted by Gasteiger charge is 2.16. The number of nitrogens with one attached hydrogen (secondary N) is 1. The highest BCUT2D eigenvalue weighted by Crippen LogP contribution is 2.22. The number of hydrogen-bond donors (Lipinski definition) is 1. The highest BCUT2D eigenvalue weighted by atomic mass is 19.1. The minimum Gasteiger partial charge on any atom is -0.317 e. The van der Waals surface area contributed by atoms with Crippen molar-refractivity contribution in [2.75, 3.05) is 13.1 Å². The van der Waals surface area contributed by atoms with Gasteiger partial charge < -0.3 is 5.32 Å². The maximum Gasteiger partial charge on any atom is 0.129 e. The fourth-order valence-electron chi connectivity index (χ4n) is 2.31. The van der Waals surface area contributed by atoms with Crippen molar-refractivity contribution in [1.29, 1.82) is 0 Å². The lowest BCUT2D eigenvalue weighted by Gasteiger charge is -2.23. The SMILES string of the molecule is Cc1c(F)cc(F)cc1CC1CCNCC1. The average Bonchev–Trinajstić information content (AvgIpc) is 2.27. The summed E-state index contributed by atoms with van der Waals surface area (Å²) in [6.07, 6.45) is 2.98. The molecule has 1 aliphatic rings. The number of benzene rings is 1. The maximum atomic E-state index is 13.3. The third kappa shape index (κ3) is 2.59. The predicted octanol–water partition coefficient (Wildman–Crippen LogP) is 2.82. The van der Waals surface area contributed by atoms with Crippen LogP contribution in [0, 0.1) is 24.5 Å². The van der Waals surface area contributed by atoms with Crippen molar-refractivity contribution < 1.29 is 8.78 Å². The summed E-state index contributed by atoms with van der Waals surface area (Å²) >= 11 is 0. The zero-order valence-electron chi connectivity index (χ0n) is 9.52. The fraction of sp³-hybridized carbons (Fsp3) is 0.538. The van der Waals surface area contributed by atoms with Gasteiger partial charge in [-0.05, 0) is 62.4 Å². The fourth-order valence-corrected chi connectivity index (χ4v) is 2.31. The van der Waals surface area contributed by atoms with E-state index in [9.17, 15) is 8.78 Å². The number of hydrogen-bond acceptors (Lipinski definition) is 1. The standard InChI is InChI=1S/C13H17F2N/c1-9-11(7-12(14)8-13(9)15)6-10-2-4-16-5-3-10/h7-8,10,16H,2-6H2,1H3. The summed E-state index contributed by atoms with van der Waals surface area (Å²) in [6, 6.07) is 2.43. The molecule has 0 atom stereocenters. The molecule has 1 saturated heterocycles. The van der Waals surface area contributed by atoms with Gasteiger partial charge in [0.25, 0.3) is 0 Å². The molecule has 0 amide bonds. The van der Waals surface area contributed by atoms with Gasteiger partial charge in [-0.2, -0.15) is 0 Å². The molecule has 2 rings (SSSR count). The maximum absolute atomic E-state index is 13.3. The van der Waals surface area contributed by atoms with Crippen molar-refractivity contribution in [2.24, 2.45) is 5.92 Å². The van der Waals surface area contributed by atoms with Crippen LogP contribution in [0.1, 0.15) is 24.0 Å². The van der Waals surface area contributed by atoms with Gasteiger partial charge in [0, 0.05) is 6.07 Å². The molecule has 88 valence electrons. The molecule has 1 N–H and O–H groups in total. The van der Waals surface area contributed by atoms with Gasteiger partial charge in [0.1, 0.15) is 11.6 Å². The van der Waals surface area contributed by atoms with Gasteiger partial charge in [0.05, 0.1) is 0 Å². The molecule has 1 nitrogen and oxygen atoms in total.